The van der Waals surface area contributed by atoms with Crippen LogP contribution in [0, 0.1) is 0 Å². The Morgan fingerprint density at radius 2 is 2.00 bits per heavy atom. The van der Waals surface area contributed by atoms with E-state index in [1.54, 1.807) is 25.4 Å². The summed E-state index contributed by atoms with van der Waals surface area (Å²) in [5.74, 6) is 1.83. The van der Waals surface area contributed by atoms with E-state index >= 15 is 0 Å². The smallest absolute Gasteiger partial charge is 0.219 e. The van der Waals surface area contributed by atoms with Gasteiger partial charge in [0.1, 0.15) is 0 Å². The van der Waals surface area contributed by atoms with Gasteiger partial charge >= 0.3 is 0 Å². The van der Waals surface area contributed by atoms with E-state index in [9.17, 15) is 0 Å². The van der Waals surface area contributed by atoms with Crippen molar-refractivity contribution >= 4 is 11.6 Å². The summed E-state index contributed by atoms with van der Waals surface area (Å²) in [7, 11) is 1.62. The lowest BCUT2D eigenvalue weighted by molar-refractivity contribution is 0.373. The molecule has 0 atom stereocenters. The van der Waals surface area contributed by atoms with Crippen LogP contribution in [0.2, 0.25) is 5.02 Å². The van der Waals surface area contributed by atoms with E-state index in [-0.39, 0.29) is 0 Å². The molecule has 0 bridgehead atoms. The fourth-order valence-electron chi connectivity index (χ4n) is 1.55. The quantitative estimate of drug-likeness (QED) is 0.832. The SMILES string of the molecule is CCc1ccc(Oc2ccc(Cl)cn2)c(OC)c1. The number of hydrogen-bond donors (Lipinski definition) is 0. The van der Waals surface area contributed by atoms with Crippen molar-refractivity contribution in [1.82, 2.24) is 4.98 Å². The van der Waals surface area contributed by atoms with Gasteiger partial charge in [-0.1, -0.05) is 24.6 Å². The van der Waals surface area contributed by atoms with Crippen molar-refractivity contribution in [3.05, 3.63) is 47.1 Å². The van der Waals surface area contributed by atoms with Gasteiger partial charge in [0.15, 0.2) is 11.5 Å². The normalized spacial score (nSPS) is 10.2. The number of halogens is 1. The highest BCUT2D eigenvalue weighted by Crippen LogP contribution is 2.31. The fourth-order valence-corrected chi connectivity index (χ4v) is 1.66. The second-order valence-electron chi connectivity index (χ2n) is 3.76. The van der Waals surface area contributed by atoms with Crippen molar-refractivity contribution in [2.24, 2.45) is 0 Å². The monoisotopic (exact) mass is 263 g/mol. The fraction of sp³-hybridized carbons (Fsp3) is 0.214. The third-order valence-corrected chi connectivity index (χ3v) is 2.77. The molecule has 1 heterocycles. The number of methoxy groups -OCH3 is 1. The number of benzene rings is 1. The molecule has 1 aromatic heterocycles. The van der Waals surface area contributed by atoms with Crippen LogP contribution in [0.3, 0.4) is 0 Å². The van der Waals surface area contributed by atoms with E-state index < -0.39 is 0 Å². The number of nitrogens with zero attached hydrogens (tertiary/aromatic N) is 1. The summed E-state index contributed by atoms with van der Waals surface area (Å²) in [6.07, 6.45) is 2.50. The Kier molecular flexibility index (Phi) is 4.05. The van der Waals surface area contributed by atoms with Crippen LogP contribution in [0.5, 0.6) is 17.4 Å². The second-order valence-corrected chi connectivity index (χ2v) is 4.19. The Morgan fingerprint density at radius 1 is 1.17 bits per heavy atom. The molecule has 2 aromatic rings. The molecule has 4 heteroatoms. The van der Waals surface area contributed by atoms with Crippen LogP contribution < -0.4 is 9.47 Å². The minimum atomic E-state index is 0.488. The average Bonchev–Trinajstić information content (AvgIpc) is 2.41. The van der Waals surface area contributed by atoms with Gasteiger partial charge in [0.2, 0.25) is 5.88 Å². The zero-order valence-corrected chi connectivity index (χ0v) is 11.1. The molecule has 0 aliphatic rings. The standard InChI is InChI=1S/C14H14ClNO2/c1-3-10-4-6-12(13(8-10)17-2)18-14-7-5-11(15)9-16-14/h4-9H,3H2,1-2H3. The predicted molar refractivity (Wildman–Crippen MR) is 71.7 cm³/mol. The second kappa shape index (κ2) is 5.74. The lowest BCUT2D eigenvalue weighted by atomic mass is 10.1. The minimum absolute atomic E-state index is 0.488. The number of rotatable bonds is 4. The molecular weight excluding hydrogens is 250 g/mol. The molecule has 0 N–H and O–H groups in total. The van der Waals surface area contributed by atoms with Gasteiger partial charge in [-0.05, 0) is 30.2 Å². The first kappa shape index (κ1) is 12.7. The first-order valence-electron chi connectivity index (χ1n) is 5.69. The molecule has 2 rings (SSSR count). The Bertz CT molecular complexity index is 526. The molecule has 0 fully saturated rings. The van der Waals surface area contributed by atoms with Crippen molar-refractivity contribution in [3.8, 4) is 17.4 Å². The maximum Gasteiger partial charge on any atom is 0.219 e. The Hall–Kier alpha value is -1.74. The van der Waals surface area contributed by atoms with E-state index in [4.69, 9.17) is 21.1 Å². The molecule has 0 saturated carbocycles. The first-order chi connectivity index (χ1) is 8.72. The van der Waals surface area contributed by atoms with Gasteiger partial charge < -0.3 is 9.47 Å². The van der Waals surface area contributed by atoms with Crippen molar-refractivity contribution in [1.29, 1.82) is 0 Å². The van der Waals surface area contributed by atoms with Crippen molar-refractivity contribution in [2.75, 3.05) is 7.11 Å². The first-order valence-corrected chi connectivity index (χ1v) is 6.07. The Labute approximate surface area is 111 Å². The lowest BCUT2D eigenvalue weighted by Gasteiger charge is -2.10. The summed E-state index contributed by atoms with van der Waals surface area (Å²) < 4.78 is 11.0. The molecule has 0 radical (unpaired) electrons. The number of pyridine rings is 1. The van der Waals surface area contributed by atoms with Gasteiger partial charge in [0, 0.05) is 12.3 Å². The molecule has 0 unspecified atom stereocenters. The number of hydrogen-bond acceptors (Lipinski definition) is 3. The molecule has 0 aliphatic carbocycles. The van der Waals surface area contributed by atoms with E-state index in [0.29, 0.717) is 22.4 Å². The highest BCUT2D eigenvalue weighted by atomic mass is 35.5. The maximum absolute atomic E-state index is 5.77. The predicted octanol–water partition coefficient (Wildman–Crippen LogP) is 4.10. The highest BCUT2D eigenvalue weighted by molar-refractivity contribution is 6.30. The van der Waals surface area contributed by atoms with Crippen LogP contribution in [0.25, 0.3) is 0 Å². The number of aromatic nitrogens is 1. The van der Waals surface area contributed by atoms with Gasteiger partial charge in [-0.15, -0.1) is 0 Å². The molecule has 0 spiro atoms. The molecule has 0 saturated heterocycles. The molecular formula is C14H14ClNO2. The topological polar surface area (TPSA) is 31.4 Å². The highest BCUT2D eigenvalue weighted by Gasteiger charge is 2.07. The molecule has 94 valence electrons. The molecule has 18 heavy (non-hydrogen) atoms. The molecule has 0 aliphatic heterocycles. The molecule has 1 aromatic carbocycles. The summed E-state index contributed by atoms with van der Waals surface area (Å²) in [6, 6.07) is 9.30. The largest absolute Gasteiger partial charge is 0.493 e. The molecule has 0 amide bonds. The van der Waals surface area contributed by atoms with Crippen molar-refractivity contribution in [3.63, 3.8) is 0 Å². The number of ether oxygens (including phenoxy) is 2. The summed E-state index contributed by atoms with van der Waals surface area (Å²) in [6.45, 7) is 2.09. The van der Waals surface area contributed by atoms with E-state index in [1.165, 1.54) is 5.56 Å². The van der Waals surface area contributed by atoms with Crippen LogP contribution in [0.15, 0.2) is 36.5 Å². The van der Waals surface area contributed by atoms with Crippen LogP contribution in [-0.4, -0.2) is 12.1 Å². The van der Waals surface area contributed by atoms with Gasteiger partial charge in [-0.2, -0.15) is 0 Å². The third-order valence-electron chi connectivity index (χ3n) is 2.55. The number of aryl methyl sites for hydroxylation is 1. The zero-order chi connectivity index (χ0) is 13.0. The van der Waals surface area contributed by atoms with Crippen LogP contribution in [-0.2, 0) is 6.42 Å². The van der Waals surface area contributed by atoms with E-state index in [0.717, 1.165) is 6.42 Å². The van der Waals surface area contributed by atoms with E-state index in [2.05, 4.69) is 11.9 Å². The lowest BCUT2D eigenvalue weighted by Crippen LogP contribution is -1.93. The van der Waals surface area contributed by atoms with Crippen LogP contribution in [0.1, 0.15) is 12.5 Å². The zero-order valence-electron chi connectivity index (χ0n) is 10.3. The Morgan fingerprint density at radius 3 is 2.61 bits per heavy atom. The van der Waals surface area contributed by atoms with E-state index in [1.807, 2.05) is 18.2 Å². The molecule has 3 nitrogen and oxygen atoms in total. The summed E-state index contributed by atoms with van der Waals surface area (Å²) in [5.41, 5.74) is 1.20. The summed E-state index contributed by atoms with van der Waals surface area (Å²) in [5, 5.41) is 0.579. The maximum atomic E-state index is 5.77. The Balaban J connectivity index is 2.25. The van der Waals surface area contributed by atoms with Crippen molar-refractivity contribution < 1.29 is 9.47 Å². The minimum Gasteiger partial charge on any atom is -0.493 e. The van der Waals surface area contributed by atoms with Gasteiger partial charge in [-0.25, -0.2) is 4.98 Å². The average molecular weight is 264 g/mol. The van der Waals surface area contributed by atoms with Crippen LogP contribution in [0.4, 0.5) is 0 Å². The van der Waals surface area contributed by atoms with Crippen LogP contribution >= 0.6 is 11.6 Å². The third kappa shape index (κ3) is 2.93. The summed E-state index contributed by atoms with van der Waals surface area (Å²) in [4.78, 5) is 4.08. The van der Waals surface area contributed by atoms with Gasteiger partial charge in [0.25, 0.3) is 0 Å². The van der Waals surface area contributed by atoms with Crippen molar-refractivity contribution in [2.45, 2.75) is 13.3 Å². The van der Waals surface area contributed by atoms with Gasteiger partial charge in [-0.3, -0.25) is 0 Å². The van der Waals surface area contributed by atoms with Gasteiger partial charge in [0.05, 0.1) is 12.1 Å². The summed E-state index contributed by atoms with van der Waals surface area (Å²) >= 11 is 5.77.